The van der Waals surface area contributed by atoms with E-state index < -0.39 is 0 Å². The van der Waals surface area contributed by atoms with E-state index in [0.717, 1.165) is 5.57 Å². The SMILES string of the molecule is C=C/C=C(C=C)/C=C(\C=C)C1C=CC=C2C=CC=CC21. The fourth-order valence-electron chi connectivity index (χ4n) is 2.59. The fourth-order valence-corrected chi connectivity index (χ4v) is 2.59. The van der Waals surface area contributed by atoms with Crippen LogP contribution in [0.2, 0.25) is 0 Å². The third kappa shape index (κ3) is 2.97. The van der Waals surface area contributed by atoms with Gasteiger partial charge in [0.1, 0.15) is 0 Å². The van der Waals surface area contributed by atoms with Gasteiger partial charge in [-0.3, -0.25) is 0 Å². The monoisotopic (exact) mass is 260 g/mol. The Morgan fingerprint density at radius 3 is 2.55 bits per heavy atom. The summed E-state index contributed by atoms with van der Waals surface area (Å²) in [5, 5.41) is 0. The maximum atomic E-state index is 3.97. The molecule has 0 radical (unpaired) electrons. The second-order valence-corrected chi connectivity index (χ2v) is 4.80. The zero-order valence-corrected chi connectivity index (χ0v) is 11.7. The molecule has 20 heavy (non-hydrogen) atoms. The van der Waals surface area contributed by atoms with E-state index in [-0.39, 0.29) is 0 Å². The van der Waals surface area contributed by atoms with Crippen molar-refractivity contribution in [2.45, 2.75) is 0 Å². The molecule has 0 fully saturated rings. The highest BCUT2D eigenvalue weighted by molar-refractivity contribution is 5.47. The van der Waals surface area contributed by atoms with Gasteiger partial charge in [0.25, 0.3) is 0 Å². The highest BCUT2D eigenvalue weighted by Crippen LogP contribution is 2.36. The summed E-state index contributed by atoms with van der Waals surface area (Å²) in [6.07, 6.45) is 24.8. The predicted octanol–water partition coefficient (Wildman–Crippen LogP) is 5.25. The molecule has 0 heterocycles. The molecule has 2 aliphatic carbocycles. The molecule has 0 bridgehead atoms. The van der Waals surface area contributed by atoms with Crippen LogP contribution in [0.3, 0.4) is 0 Å². The Morgan fingerprint density at radius 2 is 1.85 bits per heavy atom. The standard InChI is InChI=1S/C20H20/c1-4-10-16(5-2)15-17(6-3)19-14-9-12-18-11-7-8-13-20(18)19/h4-15,19-20H,1-3H2/b16-10+,17-15+. The molecule has 2 aliphatic rings. The molecule has 0 N–H and O–H groups in total. The molecule has 0 amide bonds. The van der Waals surface area contributed by atoms with Crippen LogP contribution in [-0.4, -0.2) is 0 Å². The molecular formula is C20H20. The summed E-state index contributed by atoms with van der Waals surface area (Å²) in [4.78, 5) is 0. The van der Waals surface area contributed by atoms with Crippen LogP contribution in [0.25, 0.3) is 0 Å². The van der Waals surface area contributed by atoms with Crippen molar-refractivity contribution in [1.82, 2.24) is 0 Å². The summed E-state index contributed by atoms with van der Waals surface area (Å²) in [7, 11) is 0. The van der Waals surface area contributed by atoms with E-state index in [9.17, 15) is 0 Å². The van der Waals surface area contributed by atoms with Crippen molar-refractivity contribution >= 4 is 0 Å². The predicted molar refractivity (Wildman–Crippen MR) is 89.2 cm³/mol. The molecule has 2 atom stereocenters. The van der Waals surface area contributed by atoms with Crippen molar-refractivity contribution in [3.05, 3.63) is 109 Å². The van der Waals surface area contributed by atoms with Crippen LogP contribution in [0.4, 0.5) is 0 Å². The van der Waals surface area contributed by atoms with E-state index >= 15 is 0 Å². The number of fused-ring (bicyclic) bond motifs is 1. The van der Waals surface area contributed by atoms with E-state index in [1.165, 1.54) is 11.1 Å². The number of hydrogen-bond donors (Lipinski definition) is 0. The largest absolute Gasteiger partial charge is 0.0990 e. The highest BCUT2D eigenvalue weighted by Gasteiger charge is 2.24. The minimum atomic E-state index is 0.321. The highest BCUT2D eigenvalue weighted by atomic mass is 14.3. The van der Waals surface area contributed by atoms with Crippen molar-refractivity contribution in [3.8, 4) is 0 Å². The van der Waals surface area contributed by atoms with Gasteiger partial charge in [-0.1, -0.05) is 92.6 Å². The van der Waals surface area contributed by atoms with Crippen molar-refractivity contribution in [2.75, 3.05) is 0 Å². The third-order valence-electron chi connectivity index (χ3n) is 3.60. The minimum Gasteiger partial charge on any atom is -0.0990 e. The van der Waals surface area contributed by atoms with Crippen LogP contribution in [0.15, 0.2) is 109 Å². The molecule has 0 aromatic heterocycles. The molecule has 0 heteroatoms. The maximum absolute atomic E-state index is 3.97. The van der Waals surface area contributed by atoms with Gasteiger partial charge in [0.2, 0.25) is 0 Å². The van der Waals surface area contributed by atoms with E-state index in [1.54, 1.807) is 6.08 Å². The molecule has 0 saturated carbocycles. The minimum absolute atomic E-state index is 0.321. The average Bonchev–Trinajstić information content (AvgIpc) is 2.51. The molecule has 0 nitrogen and oxygen atoms in total. The molecule has 0 aromatic rings. The van der Waals surface area contributed by atoms with Crippen molar-refractivity contribution in [3.63, 3.8) is 0 Å². The first-order valence-electron chi connectivity index (χ1n) is 6.82. The Bertz CT molecular complexity index is 586. The number of hydrogen-bond acceptors (Lipinski definition) is 0. The Hall–Kier alpha value is -2.34. The molecule has 0 spiro atoms. The molecule has 0 aliphatic heterocycles. The zero-order chi connectivity index (χ0) is 14.4. The van der Waals surface area contributed by atoms with Gasteiger partial charge in [0.15, 0.2) is 0 Å². The van der Waals surface area contributed by atoms with Crippen LogP contribution in [0.1, 0.15) is 0 Å². The molecular weight excluding hydrogens is 240 g/mol. The fraction of sp³-hybridized carbons (Fsp3) is 0.100. The molecule has 2 rings (SSSR count). The van der Waals surface area contributed by atoms with Gasteiger partial charge < -0.3 is 0 Å². The first kappa shape index (κ1) is 14.1. The smallest absolute Gasteiger partial charge is 0.0125 e. The van der Waals surface area contributed by atoms with E-state index in [1.807, 2.05) is 18.2 Å². The van der Waals surface area contributed by atoms with Crippen LogP contribution in [-0.2, 0) is 0 Å². The quantitative estimate of drug-likeness (QED) is 0.592. The summed E-state index contributed by atoms with van der Waals surface area (Å²) >= 11 is 0. The molecule has 0 aromatic carbocycles. The Kier molecular flexibility index (Phi) is 4.73. The molecule has 0 saturated heterocycles. The molecule has 100 valence electrons. The second kappa shape index (κ2) is 6.72. The topological polar surface area (TPSA) is 0 Å². The van der Waals surface area contributed by atoms with Gasteiger partial charge in [-0.2, -0.15) is 0 Å². The van der Waals surface area contributed by atoms with Gasteiger partial charge in [-0.25, -0.2) is 0 Å². The van der Waals surface area contributed by atoms with Crippen LogP contribution >= 0.6 is 0 Å². The van der Waals surface area contributed by atoms with Gasteiger partial charge >= 0.3 is 0 Å². The summed E-state index contributed by atoms with van der Waals surface area (Å²) < 4.78 is 0. The first-order chi connectivity index (χ1) is 9.80. The first-order valence-corrected chi connectivity index (χ1v) is 6.82. The summed E-state index contributed by atoms with van der Waals surface area (Å²) in [5.41, 5.74) is 3.60. The lowest BCUT2D eigenvalue weighted by Gasteiger charge is -2.28. The van der Waals surface area contributed by atoms with Gasteiger partial charge in [0.05, 0.1) is 0 Å². The van der Waals surface area contributed by atoms with E-state index in [2.05, 4.69) is 68.3 Å². The van der Waals surface area contributed by atoms with Crippen molar-refractivity contribution < 1.29 is 0 Å². The number of rotatable bonds is 5. The van der Waals surface area contributed by atoms with Gasteiger partial charge in [0, 0.05) is 11.8 Å². The summed E-state index contributed by atoms with van der Waals surface area (Å²) in [6.45, 7) is 11.6. The lowest BCUT2D eigenvalue weighted by Crippen LogP contribution is -2.17. The number of allylic oxidation sites excluding steroid dienone is 15. The molecule has 2 unspecified atom stereocenters. The zero-order valence-electron chi connectivity index (χ0n) is 11.7. The third-order valence-corrected chi connectivity index (χ3v) is 3.60. The van der Waals surface area contributed by atoms with Crippen molar-refractivity contribution in [2.24, 2.45) is 11.8 Å². The summed E-state index contributed by atoms with van der Waals surface area (Å²) in [6, 6.07) is 0. The summed E-state index contributed by atoms with van der Waals surface area (Å²) in [5.74, 6) is 0.714. The Morgan fingerprint density at radius 1 is 1.00 bits per heavy atom. The van der Waals surface area contributed by atoms with E-state index in [0.29, 0.717) is 11.8 Å². The van der Waals surface area contributed by atoms with Gasteiger partial charge in [-0.15, -0.1) is 0 Å². The Labute approximate surface area is 121 Å². The van der Waals surface area contributed by atoms with E-state index in [4.69, 9.17) is 0 Å². The van der Waals surface area contributed by atoms with Crippen LogP contribution in [0.5, 0.6) is 0 Å². The lowest BCUT2D eigenvalue weighted by molar-refractivity contribution is 0.619. The normalized spacial score (nSPS) is 24.9. The Balaban J connectivity index is 2.35. The second-order valence-electron chi connectivity index (χ2n) is 4.80. The average molecular weight is 260 g/mol. The van der Waals surface area contributed by atoms with Crippen LogP contribution in [0, 0.1) is 11.8 Å². The maximum Gasteiger partial charge on any atom is 0.0125 e. The van der Waals surface area contributed by atoms with Crippen LogP contribution < -0.4 is 0 Å². The van der Waals surface area contributed by atoms with Gasteiger partial charge in [-0.05, 0) is 16.7 Å². The van der Waals surface area contributed by atoms with Crippen molar-refractivity contribution in [1.29, 1.82) is 0 Å². The lowest BCUT2D eigenvalue weighted by atomic mass is 9.76.